The summed E-state index contributed by atoms with van der Waals surface area (Å²) in [6, 6.07) is 9.18. The summed E-state index contributed by atoms with van der Waals surface area (Å²) in [4.78, 5) is 0. The van der Waals surface area contributed by atoms with Crippen LogP contribution >= 0.6 is 0 Å². The molecule has 0 radical (unpaired) electrons. The fraction of sp³-hybridized carbons (Fsp3) is 0.647. The van der Waals surface area contributed by atoms with Crippen molar-refractivity contribution in [3.63, 3.8) is 0 Å². The predicted octanol–water partition coefficient (Wildman–Crippen LogP) is 3.73. The first kappa shape index (κ1) is 14.5. The summed E-state index contributed by atoms with van der Waals surface area (Å²) in [7, 11) is 0. The van der Waals surface area contributed by atoms with E-state index in [1.54, 1.807) is 0 Å². The highest BCUT2D eigenvalue weighted by molar-refractivity contribution is 5.25. The van der Waals surface area contributed by atoms with E-state index in [4.69, 9.17) is 5.84 Å². The number of rotatable bonds is 5. The normalized spacial score (nSPS) is 19.1. The number of nitrogens with two attached hydrogens (primary N) is 1. The van der Waals surface area contributed by atoms with Gasteiger partial charge in [0.2, 0.25) is 0 Å². The third-order valence-electron chi connectivity index (χ3n) is 4.67. The van der Waals surface area contributed by atoms with Crippen LogP contribution in [0.25, 0.3) is 0 Å². The minimum atomic E-state index is 0.484. The van der Waals surface area contributed by atoms with E-state index < -0.39 is 0 Å². The minimum Gasteiger partial charge on any atom is -0.271 e. The molecule has 1 fully saturated rings. The Labute approximate surface area is 117 Å². The topological polar surface area (TPSA) is 38.0 Å². The van der Waals surface area contributed by atoms with E-state index in [1.165, 1.54) is 49.7 Å². The molecule has 1 atom stereocenters. The monoisotopic (exact) mass is 260 g/mol. The summed E-state index contributed by atoms with van der Waals surface area (Å²) in [6.45, 7) is 2.20. The Morgan fingerprint density at radius 1 is 1.16 bits per heavy atom. The summed E-state index contributed by atoms with van der Waals surface area (Å²) < 4.78 is 0. The van der Waals surface area contributed by atoms with Gasteiger partial charge in [-0.05, 0) is 49.7 Å². The van der Waals surface area contributed by atoms with Crippen LogP contribution in [0.1, 0.15) is 56.1 Å². The Morgan fingerprint density at radius 2 is 1.84 bits per heavy atom. The van der Waals surface area contributed by atoms with E-state index in [1.807, 2.05) is 0 Å². The third kappa shape index (κ3) is 4.32. The van der Waals surface area contributed by atoms with Crippen molar-refractivity contribution in [3.8, 4) is 0 Å². The van der Waals surface area contributed by atoms with Gasteiger partial charge in [-0.25, -0.2) is 0 Å². The molecule has 2 rings (SSSR count). The fourth-order valence-electron chi connectivity index (χ4n) is 3.37. The molecule has 0 spiro atoms. The van der Waals surface area contributed by atoms with E-state index in [9.17, 15) is 0 Å². The Balaban J connectivity index is 1.90. The molecule has 0 amide bonds. The average molecular weight is 260 g/mol. The molecular formula is C17H28N2. The van der Waals surface area contributed by atoms with Crippen LogP contribution in [0.5, 0.6) is 0 Å². The number of hydrogen-bond acceptors (Lipinski definition) is 2. The summed E-state index contributed by atoms with van der Waals surface area (Å²) in [6.07, 6.45) is 10.6. The van der Waals surface area contributed by atoms with Crippen LogP contribution < -0.4 is 11.3 Å². The quantitative estimate of drug-likeness (QED) is 0.481. The zero-order chi connectivity index (χ0) is 13.5. The first-order chi connectivity index (χ1) is 9.31. The highest BCUT2D eigenvalue weighted by atomic mass is 15.2. The highest BCUT2D eigenvalue weighted by Crippen LogP contribution is 2.27. The van der Waals surface area contributed by atoms with Gasteiger partial charge in [0.15, 0.2) is 0 Å². The van der Waals surface area contributed by atoms with Gasteiger partial charge in [0.05, 0.1) is 0 Å². The molecule has 0 aromatic heterocycles. The lowest BCUT2D eigenvalue weighted by Gasteiger charge is -2.25. The fourth-order valence-corrected chi connectivity index (χ4v) is 3.37. The van der Waals surface area contributed by atoms with Crippen LogP contribution in [-0.4, -0.2) is 6.04 Å². The van der Waals surface area contributed by atoms with E-state index in [0.717, 1.165) is 18.8 Å². The molecule has 1 aromatic carbocycles. The molecule has 1 aliphatic carbocycles. The van der Waals surface area contributed by atoms with Crippen LogP contribution in [0.3, 0.4) is 0 Å². The number of benzene rings is 1. The van der Waals surface area contributed by atoms with Crippen molar-refractivity contribution >= 4 is 0 Å². The molecule has 19 heavy (non-hydrogen) atoms. The molecule has 1 aromatic rings. The van der Waals surface area contributed by atoms with Crippen molar-refractivity contribution in [2.75, 3.05) is 0 Å². The molecule has 0 heterocycles. The van der Waals surface area contributed by atoms with E-state index in [2.05, 4.69) is 36.6 Å². The Hall–Kier alpha value is -0.860. The molecule has 0 bridgehead atoms. The van der Waals surface area contributed by atoms with Gasteiger partial charge in [-0.1, -0.05) is 49.9 Å². The van der Waals surface area contributed by atoms with Crippen LogP contribution in [0, 0.1) is 12.8 Å². The van der Waals surface area contributed by atoms with Crippen LogP contribution in [0.2, 0.25) is 0 Å². The van der Waals surface area contributed by atoms with Gasteiger partial charge in [-0.15, -0.1) is 0 Å². The third-order valence-corrected chi connectivity index (χ3v) is 4.67. The van der Waals surface area contributed by atoms with Gasteiger partial charge in [0.25, 0.3) is 0 Å². The maximum atomic E-state index is 5.81. The molecule has 2 nitrogen and oxygen atoms in total. The van der Waals surface area contributed by atoms with Gasteiger partial charge in [0, 0.05) is 6.04 Å². The van der Waals surface area contributed by atoms with Crippen molar-refractivity contribution in [1.29, 1.82) is 0 Å². The Kier molecular flexibility index (Phi) is 5.87. The second-order valence-corrected chi connectivity index (χ2v) is 5.99. The van der Waals surface area contributed by atoms with Gasteiger partial charge in [-0.3, -0.25) is 11.3 Å². The standard InChI is InChI=1S/C17H28N2/c1-14-8-6-7-9-15(14)12-13-17(19-18)16-10-4-2-3-5-11-16/h6-9,16-17,19H,2-5,10-13,18H2,1H3. The van der Waals surface area contributed by atoms with Gasteiger partial charge >= 0.3 is 0 Å². The lowest BCUT2D eigenvalue weighted by molar-refractivity contribution is 0.307. The Bertz CT molecular complexity index is 367. The zero-order valence-electron chi connectivity index (χ0n) is 12.2. The maximum absolute atomic E-state index is 5.81. The number of hydrogen-bond donors (Lipinski definition) is 2. The first-order valence-corrected chi connectivity index (χ1v) is 7.82. The molecule has 1 saturated carbocycles. The molecule has 1 aliphatic rings. The van der Waals surface area contributed by atoms with Crippen molar-refractivity contribution in [3.05, 3.63) is 35.4 Å². The summed E-state index contributed by atoms with van der Waals surface area (Å²) in [5.41, 5.74) is 5.96. The van der Waals surface area contributed by atoms with E-state index >= 15 is 0 Å². The first-order valence-electron chi connectivity index (χ1n) is 7.82. The molecule has 2 heteroatoms. The molecule has 3 N–H and O–H groups in total. The van der Waals surface area contributed by atoms with Crippen molar-refractivity contribution in [1.82, 2.24) is 5.43 Å². The lowest BCUT2D eigenvalue weighted by Crippen LogP contribution is -2.41. The number of aryl methyl sites for hydroxylation is 2. The molecule has 1 unspecified atom stereocenters. The SMILES string of the molecule is Cc1ccccc1CCC(NN)C1CCCCCC1. The maximum Gasteiger partial charge on any atom is 0.0241 e. The predicted molar refractivity (Wildman–Crippen MR) is 81.8 cm³/mol. The van der Waals surface area contributed by atoms with Crippen LogP contribution in [0.4, 0.5) is 0 Å². The van der Waals surface area contributed by atoms with E-state index in [0.29, 0.717) is 6.04 Å². The average Bonchev–Trinajstić information content (AvgIpc) is 2.71. The summed E-state index contributed by atoms with van der Waals surface area (Å²) in [5, 5.41) is 0. The molecule has 0 saturated heterocycles. The van der Waals surface area contributed by atoms with Crippen molar-refractivity contribution < 1.29 is 0 Å². The molecular weight excluding hydrogens is 232 g/mol. The van der Waals surface area contributed by atoms with Crippen molar-refractivity contribution in [2.24, 2.45) is 11.8 Å². The van der Waals surface area contributed by atoms with Gasteiger partial charge < -0.3 is 0 Å². The lowest BCUT2D eigenvalue weighted by atomic mass is 9.88. The van der Waals surface area contributed by atoms with Gasteiger partial charge in [-0.2, -0.15) is 0 Å². The second kappa shape index (κ2) is 7.66. The minimum absolute atomic E-state index is 0.484. The van der Waals surface area contributed by atoms with Crippen molar-refractivity contribution in [2.45, 2.75) is 64.3 Å². The highest BCUT2D eigenvalue weighted by Gasteiger charge is 2.21. The zero-order valence-corrected chi connectivity index (χ0v) is 12.2. The molecule has 106 valence electrons. The van der Waals surface area contributed by atoms with E-state index in [-0.39, 0.29) is 0 Å². The molecule has 0 aliphatic heterocycles. The number of hydrazine groups is 1. The smallest absolute Gasteiger partial charge is 0.0241 e. The van der Waals surface area contributed by atoms with Crippen LogP contribution in [-0.2, 0) is 6.42 Å². The summed E-state index contributed by atoms with van der Waals surface area (Å²) in [5.74, 6) is 6.58. The largest absolute Gasteiger partial charge is 0.271 e. The number of nitrogens with one attached hydrogen (secondary N) is 1. The Morgan fingerprint density at radius 3 is 2.47 bits per heavy atom. The summed E-state index contributed by atoms with van der Waals surface area (Å²) >= 11 is 0. The van der Waals surface area contributed by atoms with Gasteiger partial charge in [0.1, 0.15) is 0 Å². The second-order valence-electron chi connectivity index (χ2n) is 5.99. The van der Waals surface area contributed by atoms with Crippen LogP contribution in [0.15, 0.2) is 24.3 Å².